The molecule has 1 heterocycles. The number of benzene rings is 2. The molecule has 108 valence electrons. The molecule has 0 aliphatic heterocycles. The van der Waals surface area contributed by atoms with Crippen LogP contribution in [0, 0.1) is 0 Å². The SMILES string of the molecule is C[C@@H](N=C(c1ccccc1)c1ccccn1)c1ccccc1. The van der Waals surface area contributed by atoms with Crippen LogP contribution in [-0.2, 0) is 0 Å². The number of hydrogen-bond acceptors (Lipinski definition) is 2. The lowest BCUT2D eigenvalue weighted by Crippen LogP contribution is -2.07. The number of aliphatic imine (C=N–C) groups is 1. The van der Waals surface area contributed by atoms with E-state index < -0.39 is 0 Å². The van der Waals surface area contributed by atoms with E-state index in [1.165, 1.54) is 5.56 Å². The third kappa shape index (κ3) is 3.29. The van der Waals surface area contributed by atoms with Gasteiger partial charge in [0.25, 0.3) is 0 Å². The highest BCUT2D eigenvalue weighted by molar-refractivity contribution is 6.11. The van der Waals surface area contributed by atoms with Gasteiger partial charge in [-0.25, -0.2) is 0 Å². The predicted octanol–water partition coefficient (Wildman–Crippen LogP) is 4.68. The van der Waals surface area contributed by atoms with Crippen molar-refractivity contribution in [2.45, 2.75) is 13.0 Å². The Kier molecular flexibility index (Phi) is 4.40. The van der Waals surface area contributed by atoms with Crippen LogP contribution in [0.4, 0.5) is 0 Å². The Morgan fingerprint density at radius 1 is 0.818 bits per heavy atom. The van der Waals surface area contributed by atoms with Crippen LogP contribution in [-0.4, -0.2) is 10.7 Å². The van der Waals surface area contributed by atoms with Gasteiger partial charge in [-0.1, -0.05) is 66.7 Å². The van der Waals surface area contributed by atoms with Crippen molar-refractivity contribution in [3.05, 3.63) is 102 Å². The molecule has 3 aromatic rings. The van der Waals surface area contributed by atoms with Crippen LogP contribution < -0.4 is 0 Å². The van der Waals surface area contributed by atoms with Crippen molar-refractivity contribution in [2.24, 2.45) is 4.99 Å². The molecular weight excluding hydrogens is 268 g/mol. The second-order valence-electron chi connectivity index (χ2n) is 5.15. The molecule has 0 fully saturated rings. The lowest BCUT2D eigenvalue weighted by atomic mass is 10.0. The Hall–Kier alpha value is -2.74. The maximum absolute atomic E-state index is 4.94. The topological polar surface area (TPSA) is 25.2 Å². The van der Waals surface area contributed by atoms with Gasteiger partial charge < -0.3 is 0 Å². The van der Waals surface area contributed by atoms with E-state index >= 15 is 0 Å². The summed E-state index contributed by atoms with van der Waals surface area (Å²) in [5.41, 5.74) is 4.12. The number of pyridine rings is 1. The summed E-state index contributed by atoms with van der Waals surface area (Å²) in [6.07, 6.45) is 1.81. The first kappa shape index (κ1) is 14.2. The molecule has 0 aliphatic rings. The van der Waals surface area contributed by atoms with Crippen LogP contribution in [0.15, 0.2) is 90.1 Å². The third-order valence-corrected chi connectivity index (χ3v) is 3.56. The minimum atomic E-state index is 0.0819. The number of rotatable bonds is 4. The van der Waals surface area contributed by atoms with E-state index in [0.717, 1.165) is 17.0 Å². The van der Waals surface area contributed by atoms with E-state index in [0.29, 0.717) is 0 Å². The first-order valence-electron chi connectivity index (χ1n) is 7.44. The monoisotopic (exact) mass is 286 g/mol. The zero-order chi connectivity index (χ0) is 15.2. The van der Waals surface area contributed by atoms with E-state index in [1.54, 1.807) is 6.20 Å². The molecule has 0 unspecified atom stereocenters. The van der Waals surface area contributed by atoms with E-state index in [2.05, 4.69) is 36.2 Å². The second kappa shape index (κ2) is 6.81. The van der Waals surface area contributed by atoms with Crippen LogP contribution in [0.1, 0.15) is 29.8 Å². The molecule has 0 saturated carbocycles. The minimum Gasteiger partial charge on any atom is -0.275 e. The van der Waals surface area contributed by atoms with Gasteiger partial charge in [-0.15, -0.1) is 0 Å². The highest BCUT2D eigenvalue weighted by Gasteiger charge is 2.11. The Morgan fingerprint density at radius 3 is 2.09 bits per heavy atom. The van der Waals surface area contributed by atoms with Gasteiger partial charge in [0.05, 0.1) is 17.4 Å². The van der Waals surface area contributed by atoms with Gasteiger partial charge in [0.15, 0.2) is 0 Å². The maximum Gasteiger partial charge on any atom is 0.0910 e. The molecule has 22 heavy (non-hydrogen) atoms. The van der Waals surface area contributed by atoms with Gasteiger partial charge in [0.2, 0.25) is 0 Å². The fourth-order valence-electron chi connectivity index (χ4n) is 2.39. The zero-order valence-electron chi connectivity index (χ0n) is 12.6. The van der Waals surface area contributed by atoms with Crippen molar-refractivity contribution >= 4 is 5.71 Å². The average molecular weight is 286 g/mol. The molecule has 2 aromatic carbocycles. The fourth-order valence-corrected chi connectivity index (χ4v) is 2.39. The summed E-state index contributed by atoms with van der Waals surface area (Å²) in [4.78, 5) is 9.41. The van der Waals surface area contributed by atoms with Crippen LogP contribution in [0.5, 0.6) is 0 Å². The highest BCUT2D eigenvalue weighted by atomic mass is 14.8. The molecule has 0 spiro atoms. The van der Waals surface area contributed by atoms with Gasteiger partial charge in [0.1, 0.15) is 0 Å². The van der Waals surface area contributed by atoms with Gasteiger partial charge in [-0.05, 0) is 24.6 Å². The average Bonchev–Trinajstić information content (AvgIpc) is 2.62. The lowest BCUT2D eigenvalue weighted by molar-refractivity contribution is 0.820. The first-order valence-corrected chi connectivity index (χ1v) is 7.44. The number of hydrogen-bond donors (Lipinski definition) is 0. The normalized spacial score (nSPS) is 12.9. The molecular formula is C20H18N2. The quantitative estimate of drug-likeness (QED) is 0.639. The fraction of sp³-hybridized carbons (Fsp3) is 0.100. The smallest absolute Gasteiger partial charge is 0.0910 e. The van der Waals surface area contributed by atoms with Crippen LogP contribution in [0.2, 0.25) is 0 Å². The predicted molar refractivity (Wildman–Crippen MR) is 91.2 cm³/mol. The van der Waals surface area contributed by atoms with Crippen molar-refractivity contribution in [1.29, 1.82) is 0 Å². The summed E-state index contributed by atoms with van der Waals surface area (Å²) in [6.45, 7) is 2.11. The Bertz CT molecular complexity index is 693. The molecule has 1 aromatic heterocycles. The van der Waals surface area contributed by atoms with E-state index in [1.807, 2.05) is 54.6 Å². The van der Waals surface area contributed by atoms with E-state index in [9.17, 15) is 0 Å². The molecule has 0 saturated heterocycles. The van der Waals surface area contributed by atoms with E-state index in [4.69, 9.17) is 4.99 Å². The second-order valence-corrected chi connectivity index (χ2v) is 5.15. The van der Waals surface area contributed by atoms with Crippen molar-refractivity contribution in [1.82, 2.24) is 4.98 Å². The standard InChI is InChI=1S/C20H18N2/c1-16(17-10-4-2-5-11-17)22-20(18-12-6-3-7-13-18)19-14-8-9-15-21-19/h2-16H,1H3/t16-/m1/s1. The Balaban J connectivity index is 2.04. The van der Waals surface area contributed by atoms with Crippen LogP contribution >= 0.6 is 0 Å². The molecule has 0 bridgehead atoms. The Labute approximate surface area is 131 Å². The lowest BCUT2D eigenvalue weighted by Gasteiger charge is -2.12. The Morgan fingerprint density at radius 2 is 1.45 bits per heavy atom. The number of aromatic nitrogens is 1. The van der Waals surface area contributed by atoms with Gasteiger partial charge in [0, 0.05) is 11.8 Å². The van der Waals surface area contributed by atoms with Crippen molar-refractivity contribution in [3.63, 3.8) is 0 Å². The summed E-state index contributed by atoms with van der Waals surface area (Å²) in [6, 6.07) is 26.6. The summed E-state index contributed by atoms with van der Waals surface area (Å²) in [7, 11) is 0. The molecule has 0 radical (unpaired) electrons. The third-order valence-electron chi connectivity index (χ3n) is 3.56. The molecule has 3 rings (SSSR count). The van der Waals surface area contributed by atoms with Gasteiger partial charge >= 0.3 is 0 Å². The van der Waals surface area contributed by atoms with E-state index in [-0.39, 0.29) is 6.04 Å². The molecule has 2 heteroatoms. The molecule has 1 atom stereocenters. The maximum atomic E-state index is 4.94. The zero-order valence-corrected chi connectivity index (χ0v) is 12.6. The van der Waals surface area contributed by atoms with Crippen LogP contribution in [0.3, 0.4) is 0 Å². The summed E-state index contributed by atoms with van der Waals surface area (Å²) in [5, 5.41) is 0. The molecule has 2 nitrogen and oxygen atoms in total. The first-order chi connectivity index (χ1) is 10.8. The van der Waals surface area contributed by atoms with Crippen molar-refractivity contribution in [2.75, 3.05) is 0 Å². The largest absolute Gasteiger partial charge is 0.275 e. The van der Waals surface area contributed by atoms with Crippen molar-refractivity contribution < 1.29 is 0 Å². The van der Waals surface area contributed by atoms with Crippen molar-refractivity contribution in [3.8, 4) is 0 Å². The molecule has 0 aliphatic carbocycles. The van der Waals surface area contributed by atoms with Gasteiger partial charge in [-0.3, -0.25) is 9.98 Å². The minimum absolute atomic E-state index is 0.0819. The van der Waals surface area contributed by atoms with Crippen LogP contribution in [0.25, 0.3) is 0 Å². The van der Waals surface area contributed by atoms with Gasteiger partial charge in [-0.2, -0.15) is 0 Å². The highest BCUT2D eigenvalue weighted by Crippen LogP contribution is 2.19. The number of nitrogens with zero attached hydrogens (tertiary/aromatic N) is 2. The summed E-state index contributed by atoms with van der Waals surface area (Å²) >= 11 is 0. The molecule has 0 amide bonds. The summed E-state index contributed by atoms with van der Waals surface area (Å²) < 4.78 is 0. The molecule has 0 N–H and O–H groups in total. The summed E-state index contributed by atoms with van der Waals surface area (Å²) in [5.74, 6) is 0.